The Morgan fingerprint density at radius 2 is 2.39 bits per heavy atom. The topological polar surface area (TPSA) is 47.6 Å². The summed E-state index contributed by atoms with van der Waals surface area (Å²) >= 11 is 6.78. The van der Waals surface area contributed by atoms with Gasteiger partial charge in [-0.25, -0.2) is 0 Å². The van der Waals surface area contributed by atoms with E-state index in [4.69, 9.17) is 17.0 Å². The Bertz CT molecular complexity index is 268. The van der Waals surface area contributed by atoms with Crippen LogP contribution in [0.25, 0.3) is 0 Å². The maximum absolute atomic E-state index is 10.9. The minimum Gasteiger partial charge on any atom is -0.469 e. The van der Waals surface area contributed by atoms with Crippen molar-refractivity contribution in [3.8, 4) is 0 Å². The summed E-state index contributed by atoms with van der Waals surface area (Å²) in [6, 6.07) is 0. The summed E-state index contributed by atoms with van der Waals surface area (Å²) in [6.07, 6.45) is 5.07. The van der Waals surface area contributed by atoms with Crippen LogP contribution in [0.1, 0.15) is 32.1 Å². The van der Waals surface area contributed by atoms with Crippen LogP contribution in [0.5, 0.6) is 0 Å². The number of thiocarbonyl (C=S) groups is 1. The maximum Gasteiger partial charge on any atom is 0.305 e. The molecule has 0 aliphatic carbocycles. The Labute approximate surface area is 118 Å². The minimum atomic E-state index is -0.162. The summed E-state index contributed by atoms with van der Waals surface area (Å²) < 4.78 is 11.0. The predicted molar refractivity (Wildman–Crippen MR) is 77.9 cm³/mol. The highest BCUT2D eigenvalue weighted by Crippen LogP contribution is 2.12. The van der Waals surface area contributed by atoms with E-state index in [0.717, 1.165) is 36.1 Å². The van der Waals surface area contributed by atoms with E-state index in [-0.39, 0.29) is 5.97 Å². The average molecular weight is 291 g/mol. The van der Waals surface area contributed by atoms with Crippen LogP contribution in [0.2, 0.25) is 0 Å². The Balaban J connectivity index is 1.98. The summed E-state index contributed by atoms with van der Waals surface area (Å²) in [5, 5.41) is 3.21. The Morgan fingerprint density at radius 1 is 1.56 bits per heavy atom. The molecule has 0 aromatic rings. The van der Waals surface area contributed by atoms with Crippen molar-refractivity contribution >= 4 is 34.3 Å². The van der Waals surface area contributed by atoms with Gasteiger partial charge < -0.3 is 14.8 Å². The van der Waals surface area contributed by atoms with Crippen LogP contribution < -0.4 is 5.32 Å². The van der Waals surface area contributed by atoms with Gasteiger partial charge in [0.15, 0.2) is 0 Å². The van der Waals surface area contributed by atoms with Crippen LogP contribution in [0.15, 0.2) is 0 Å². The molecule has 0 spiro atoms. The van der Waals surface area contributed by atoms with Gasteiger partial charge in [-0.05, 0) is 25.7 Å². The first-order chi connectivity index (χ1) is 8.72. The number of carbonyl (C=O) groups is 1. The van der Waals surface area contributed by atoms with Crippen molar-refractivity contribution < 1.29 is 14.3 Å². The van der Waals surface area contributed by atoms with E-state index in [1.54, 1.807) is 11.8 Å². The average Bonchev–Trinajstić information content (AvgIpc) is 2.42. The lowest BCUT2D eigenvalue weighted by Gasteiger charge is -2.23. The number of rotatable bonds is 6. The summed E-state index contributed by atoms with van der Waals surface area (Å²) in [4.78, 5) is 10.9. The highest BCUT2D eigenvalue weighted by molar-refractivity contribution is 8.22. The number of methoxy groups -OCH3 is 1. The van der Waals surface area contributed by atoms with Gasteiger partial charge in [0.25, 0.3) is 0 Å². The SMILES string of the molecule is COC(=O)CCCSC(=S)NCC1CCCCO1. The first-order valence-corrected chi connectivity index (χ1v) is 7.71. The van der Waals surface area contributed by atoms with Gasteiger partial charge in [0, 0.05) is 25.3 Å². The first-order valence-electron chi connectivity index (χ1n) is 6.31. The molecule has 1 aliphatic rings. The molecule has 0 aromatic carbocycles. The van der Waals surface area contributed by atoms with Crippen LogP contribution in [-0.2, 0) is 14.3 Å². The lowest BCUT2D eigenvalue weighted by atomic mass is 10.1. The van der Waals surface area contributed by atoms with Crippen molar-refractivity contribution in [1.29, 1.82) is 0 Å². The molecule has 0 saturated carbocycles. The molecule has 1 rings (SSSR count). The molecule has 1 heterocycles. The largest absolute Gasteiger partial charge is 0.469 e. The molecule has 1 N–H and O–H groups in total. The molecular formula is C12H21NO3S2. The van der Waals surface area contributed by atoms with Crippen LogP contribution in [0.4, 0.5) is 0 Å². The van der Waals surface area contributed by atoms with Gasteiger partial charge in [-0.2, -0.15) is 0 Å². The molecule has 1 aliphatic heterocycles. The van der Waals surface area contributed by atoms with E-state index < -0.39 is 0 Å². The third-order valence-electron chi connectivity index (χ3n) is 2.73. The van der Waals surface area contributed by atoms with Gasteiger partial charge in [-0.1, -0.05) is 24.0 Å². The molecule has 1 saturated heterocycles. The van der Waals surface area contributed by atoms with Crippen LogP contribution >= 0.6 is 24.0 Å². The Kier molecular flexibility index (Phi) is 8.37. The zero-order valence-corrected chi connectivity index (χ0v) is 12.4. The third-order valence-corrected chi connectivity index (χ3v) is 4.13. The van der Waals surface area contributed by atoms with E-state index in [1.165, 1.54) is 20.0 Å². The van der Waals surface area contributed by atoms with E-state index in [0.29, 0.717) is 12.5 Å². The quantitative estimate of drug-likeness (QED) is 0.459. The second-order valence-electron chi connectivity index (χ2n) is 4.19. The molecule has 0 amide bonds. The summed E-state index contributed by atoms with van der Waals surface area (Å²) in [5.74, 6) is 0.678. The van der Waals surface area contributed by atoms with Crippen molar-refractivity contribution in [2.24, 2.45) is 0 Å². The number of hydrogen-bond acceptors (Lipinski definition) is 5. The molecule has 18 heavy (non-hydrogen) atoms. The summed E-state index contributed by atoms with van der Waals surface area (Å²) in [5.41, 5.74) is 0. The molecular weight excluding hydrogens is 270 g/mol. The fraction of sp³-hybridized carbons (Fsp3) is 0.833. The van der Waals surface area contributed by atoms with Gasteiger partial charge >= 0.3 is 5.97 Å². The molecule has 6 heteroatoms. The number of esters is 1. The van der Waals surface area contributed by atoms with E-state index in [2.05, 4.69) is 10.1 Å². The number of thioether (sulfide) groups is 1. The Morgan fingerprint density at radius 3 is 3.06 bits per heavy atom. The van der Waals surface area contributed by atoms with Gasteiger partial charge in [-0.3, -0.25) is 4.79 Å². The number of hydrogen-bond donors (Lipinski definition) is 1. The van der Waals surface area contributed by atoms with Gasteiger partial charge in [0.2, 0.25) is 0 Å². The number of carbonyl (C=O) groups excluding carboxylic acids is 1. The van der Waals surface area contributed by atoms with Crippen LogP contribution in [0, 0.1) is 0 Å². The number of ether oxygens (including phenoxy) is 2. The monoisotopic (exact) mass is 291 g/mol. The lowest BCUT2D eigenvalue weighted by Crippen LogP contribution is -2.33. The van der Waals surface area contributed by atoms with Crippen molar-refractivity contribution in [2.45, 2.75) is 38.2 Å². The van der Waals surface area contributed by atoms with Gasteiger partial charge in [0.05, 0.1) is 13.2 Å². The molecule has 0 bridgehead atoms. The normalized spacial score (nSPS) is 19.3. The standard InChI is InChI=1S/C12H21NO3S2/c1-15-11(14)6-4-8-18-12(17)13-9-10-5-2-3-7-16-10/h10H,2-9H2,1H3,(H,13,17). The first kappa shape index (κ1) is 15.7. The molecule has 104 valence electrons. The molecule has 1 fully saturated rings. The molecule has 1 atom stereocenters. The molecule has 4 nitrogen and oxygen atoms in total. The highest BCUT2D eigenvalue weighted by Gasteiger charge is 2.13. The number of nitrogens with one attached hydrogen (secondary N) is 1. The van der Waals surface area contributed by atoms with Crippen molar-refractivity contribution in [2.75, 3.05) is 26.0 Å². The van der Waals surface area contributed by atoms with E-state index in [1.807, 2.05) is 0 Å². The zero-order valence-electron chi connectivity index (χ0n) is 10.8. The minimum absolute atomic E-state index is 0.162. The zero-order chi connectivity index (χ0) is 13.2. The third kappa shape index (κ3) is 7.18. The van der Waals surface area contributed by atoms with Gasteiger partial charge in [0.1, 0.15) is 4.32 Å². The van der Waals surface area contributed by atoms with E-state index in [9.17, 15) is 4.79 Å². The summed E-state index contributed by atoms with van der Waals surface area (Å²) in [6.45, 7) is 1.66. The fourth-order valence-corrected chi connectivity index (χ4v) is 2.69. The van der Waals surface area contributed by atoms with Crippen molar-refractivity contribution in [1.82, 2.24) is 5.32 Å². The molecule has 0 aromatic heterocycles. The maximum atomic E-state index is 10.9. The lowest BCUT2D eigenvalue weighted by molar-refractivity contribution is -0.140. The van der Waals surface area contributed by atoms with E-state index >= 15 is 0 Å². The van der Waals surface area contributed by atoms with Gasteiger partial charge in [-0.15, -0.1) is 0 Å². The summed E-state index contributed by atoms with van der Waals surface area (Å²) in [7, 11) is 1.41. The second kappa shape index (κ2) is 9.58. The van der Waals surface area contributed by atoms with Crippen LogP contribution in [0.3, 0.4) is 0 Å². The second-order valence-corrected chi connectivity index (χ2v) is 5.96. The fourth-order valence-electron chi connectivity index (χ4n) is 1.70. The predicted octanol–water partition coefficient (Wildman–Crippen LogP) is 2.12. The molecule has 1 unspecified atom stereocenters. The highest BCUT2D eigenvalue weighted by atomic mass is 32.2. The Hall–Kier alpha value is -0.330. The van der Waals surface area contributed by atoms with Crippen LogP contribution in [-0.4, -0.2) is 42.4 Å². The molecule has 0 radical (unpaired) electrons. The van der Waals surface area contributed by atoms with Crippen molar-refractivity contribution in [3.05, 3.63) is 0 Å². The van der Waals surface area contributed by atoms with Crippen molar-refractivity contribution in [3.63, 3.8) is 0 Å². The smallest absolute Gasteiger partial charge is 0.305 e.